The smallest absolute Gasteiger partial charge is 0.239 e. The number of phenols is 4. The van der Waals surface area contributed by atoms with Crippen LogP contribution >= 0.6 is 0 Å². The second-order valence-electron chi connectivity index (χ2n) is 7.27. The summed E-state index contributed by atoms with van der Waals surface area (Å²) in [5, 5.41) is 69.0. The molecule has 0 unspecified atom stereocenters. The van der Waals surface area contributed by atoms with Crippen LogP contribution in [0.1, 0.15) is 0 Å². The van der Waals surface area contributed by atoms with E-state index in [1.807, 2.05) is 0 Å². The van der Waals surface area contributed by atoms with Crippen molar-refractivity contribution in [2.24, 2.45) is 0 Å². The molecule has 1 aliphatic rings. The molecule has 4 atom stereocenters. The first kappa shape index (κ1) is 22.5. The summed E-state index contributed by atoms with van der Waals surface area (Å²) < 4.78 is 21.6. The molecule has 0 radical (unpaired) electrons. The monoisotopic (exact) mass is 464 g/mol. The summed E-state index contributed by atoms with van der Waals surface area (Å²) in [5.41, 5.74) is -1.29. The molecule has 3 aromatic rings. The minimum Gasteiger partial charge on any atom is -0.507 e. The van der Waals surface area contributed by atoms with Crippen molar-refractivity contribution in [1.82, 2.24) is 0 Å². The molecule has 7 N–H and O–H groups in total. The van der Waals surface area contributed by atoms with E-state index in [9.17, 15) is 40.5 Å². The summed E-state index contributed by atoms with van der Waals surface area (Å²) in [5.74, 6) is -3.41. The van der Waals surface area contributed by atoms with Crippen molar-refractivity contribution < 1.29 is 54.4 Å². The Balaban J connectivity index is 1.98. The zero-order chi connectivity index (χ0) is 24.0. The van der Waals surface area contributed by atoms with E-state index in [2.05, 4.69) is 0 Å². The van der Waals surface area contributed by atoms with E-state index in [4.69, 9.17) is 18.6 Å². The maximum absolute atomic E-state index is 13.4. The molecule has 0 bridgehead atoms. The predicted octanol–water partition coefficient (Wildman–Crippen LogP) is 0.109. The molecule has 0 amide bonds. The van der Waals surface area contributed by atoms with Crippen LogP contribution in [0, 0.1) is 0 Å². The summed E-state index contributed by atoms with van der Waals surface area (Å²) in [6.45, 7) is -0.639. The highest BCUT2D eigenvalue weighted by atomic mass is 16.7. The lowest BCUT2D eigenvalue weighted by molar-refractivity contribution is -0.117. The Hall–Kier alpha value is -3.71. The fourth-order valence-corrected chi connectivity index (χ4v) is 3.53. The third-order valence-corrected chi connectivity index (χ3v) is 5.21. The van der Waals surface area contributed by atoms with Gasteiger partial charge in [-0.25, -0.2) is 0 Å². The van der Waals surface area contributed by atoms with Gasteiger partial charge in [-0.2, -0.15) is 0 Å². The van der Waals surface area contributed by atoms with Crippen LogP contribution in [0.15, 0.2) is 33.5 Å². The van der Waals surface area contributed by atoms with Crippen molar-refractivity contribution in [2.45, 2.75) is 24.6 Å². The molecule has 0 aliphatic carbocycles. The Bertz CT molecular complexity index is 1270. The quantitative estimate of drug-likeness (QED) is 0.252. The van der Waals surface area contributed by atoms with E-state index in [1.165, 1.54) is 13.2 Å². The van der Waals surface area contributed by atoms with Gasteiger partial charge in [0.05, 0.1) is 13.7 Å². The third kappa shape index (κ3) is 3.64. The van der Waals surface area contributed by atoms with Crippen LogP contribution in [-0.4, -0.2) is 74.1 Å². The average Bonchev–Trinajstić information content (AvgIpc) is 3.05. The van der Waals surface area contributed by atoms with Gasteiger partial charge in [-0.3, -0.25) is 4.79 Å². The molecule has 12 heteroatoms. The minimum atomic E-state index is -1.65. The highest BCUT2D eigenvalue weighted by Crippen LogP contribution is 2.44. The maximum Gasteiger partial charge on any atom is 0.239 e. The van der Waals surface area contributed by atoms with Crippen LogP contribution < -0.4 is 14.9 Å². The van der Waals surface area contributed by atoms with Crippen LogP contribution in [0.5, 0.6) is 34.5 Å². The Morgan fingerprint density at radius 2 is 1.67 bits per heavy atom. The van der Waals surface area contributed by atoms with Gasteiger partial charge < -0.3 is 54.4 Å². The first-order valence-corrected chi connectivity index (χ1v) is 9.59. The van der Waals surface area contributed by atoms with Crippen LogP contribution in [0.3, 0.4) is 0 Å². The lowest BCUT2D eigenvalue weighted by atomic mass is 10.1. The predicted molar refractivity (Wildman–Crippen MR) is 110 cm³/mol. The summed E-state index contributed by atoms with van der Waals surface area (Å²) in [6, 6.07) is 4.31. The second-order valence-corrected chi connectivity index (χ2v) is 7.27. The summed E-state index contributed by atoms with van der Waals surface area (Å²) in [6.07, 6.45) is -5.97. The van der Waals surface area contributed by atoms with Gasteiger partial charge in [0.25, 0.3) is 0 Å². The van der Waals surface area contributed by atoms with E-state index in [1.54, 1.807) is 0 Å². The number of fused-ring (bicyclic) bond motifs is 1. The van der Waals surface area contributed by atoms with Gasteiger partial charge >= 0.3 is 0 Å². The van der Waals surface area contributed by atoms with Crippen molar-refractivity contribution in [3.63, 3.8) is 0 Å². The molecule has 1 aliphatic heterocycles. The molecular formula is C21H20O12. The lowest BCUT2D eigenvalue weighted by Gasteiger charge is -2.19. The number of phenolic OH excluding ortho intramolecular Hbond substituents is 4. The standard InChI is InChI=1S/C21H20O12/c1-30-18-11(26)5-10(25)13-15(28)20(33-21-16(29)14(27)12(6-22)31-21)17(32-19(13)18)7-2-3-8(23)9(24)4-7/h2-5,12,14,16,21-27,29H,6H2,1H3/t12-,14+,16+,21-/m0/s1. The number of methoxy groups -OCH3 is 1. The normalized spacial score (nSPS) is 22.5. The van der Waals surface area contributed by atoms with E-state index >= 15 is 0 Å². The molecular weight excluding hydrogens is 444 g/mol. The Morgan fingerprint density at radius 1 is 0.939 bits per heavy atom. The van der Waals surface area contributed by atoms with Gasteiger partial charge in [-0.15, -0.1) is 0 Å². The van der Waals surface area contributed by atoms with E-state index < -0.39 is 70.8 Å². The van der Waals surface area contributed by atoms with Crippen LogP contribution in [0.2, 0.25) is 0 Å². The molecule has 0 saturated carbocycles. The SMILES string of the molecule is COc1c(O)cc(O)c2c(=O)c(O[C@@H]3O[C@@H](CO)[C@@H](O)[C@H]3O)c(-c3ccc(O)c(O)c3)oc12. The number of aromatic hydroxyl groups is 4. The molecule has 12 nitrogen and oxygen atoms in total. The molecule has 1 aromatic heterocycles. The van der Waals surface area contributed by atoms with Crippen LogP contribution in [-0.2, 0) is 4.74 Å². The number of benzene rings is 2. The zero-order valence-corrected chi connectivity index (χ0v) is 17.0. The van der Waals surface area contributed by atoms with E-state index in [0.717, 1.165) is 18.2 Å². The van der Waals surface area contributed by atoms with Crippen molar-refractivity contribution in [2.75, 3.05) is 13.7 Å². The Kier molecular flexibility index (Phi) is 5.68. The molecule has 1 saturated heterocycles. The van der Waals surface area contributed by atoms with Gasteiger partial charge in [-0.1, -0.05) is 0 Å². The van der Waals surface area contributed by atoms with Gasteiger partial charge in [0, 0.05) is 11.6 Å². The molecule has 4 rings (SSSR count). The number of aliphatic hydroxyl groups is 3. The van der Waals surface area contributed by atoms with Crippen LogP contribution in [0.25, 0.3) is 22.3 Å². The van der Waals surface area contributed by atoms with Gasteiger partial charge in [0.15, 0.2) is 28.6 Å². The second kappa shape index (κ2) is 8.33. The topological polar surface area (TPSA) is 200 Å². The van der Waals surface area contributed by atoms with Crippen LogP contribution in [0.4, 0.5) is 0 Å². The average molecular weight is 464 g/mol. The van der Waals surface area contributed by atoms with Crippen molar-refractivity contribution in [3.05, 3.63) is 34.5 Å². The van der Waals surface area contributed by atoms with Crippen molar-refractivity contribution in [3.8, 4) is 45.8 Å². The summed E-state index contributed by atoms with van der Waals surface area (Å²) in [4.78, 5) is 13.4. The number of aliphatic hydroxyl groups excluding tert-OH is 3. The third-order valence-electron chi connectivity index (χ3n) is 5.21. The number of hydrogen-bond donors (Lipinski definition) is 7. The molecule has 1 fully saturated rings. The molecule has 2 heterocycles. The largest absolute Gasteiger partial charge is 0.507 e. The first-order chi connectivity index (χ1) is 15.7. The minimum absolute atomic E-state index is 0.0240. The fourth-order valence-electron chi connectivity index (χ4n) is 3.53. The Labute approximate surface area is 184 Å². The summed E-state index contributed by atoms with van der Waals surface area (Å²) in [7, 11) is 1.20. The van der Waals surface area contributed by atoms with Gasteiger partial charge in [0.1, 0.15) is 29.4 Å². The highest BCUT2D eigenvalue weighted by molar-refractivity contribution is 5.93. The Morgan fingerprint density at radius 3 is 2.27 bits per heavy atom. The molecule has 176 valence electrons. The van der Waals surface area contributed by atoms with E-state index in [-0.39, 0.29) is 22.7 Å². The molecule has 33 heavy (non-hydrogen) atoms. The zero-order valence-electron chi connectivity index (χ0n) is 17.0. The van der Waals surface area contributed by atoms with Crippen molar-refractivity contribution in [1.29, 1.82) is 0 Å². The van der Waals surface area contributed by atoms with Gasteiger partial charge in [-0.05, 0) is 18.2 Å². The first-order valence-electron chi connectivity index (χ1n) is 9.59. The highest BCUT2D eigenvalue weighted by Gasteiger charge is 2.45. The molecule has 2 aromatic carbocycles. The van der Waals surface area contributed by atoms with Crippen molar-refractivity contribution >= 4 is 11.0 Å². The fraction of sp³-hybridized carbons (Fsp3) is 0.286. The number of hydrogen-bond acceptors (Lipinski definition) is 12. The lowest BCUT2D eigenvalue weighted by Crippen LogP contribution is -2.36. The summed E-state index contributed by atoms with van der Waals surface area (Å²) >= 11 is 0. The molecule has 0 spiro atoms. The van der Waals surface area contributed by atoms with E-state index in [0.29, 0.717) is 0 Å². The van der Waals surface area contributed by atoms with Gasteiger partial charge in [0.2, 0.25) is 23.2 Å². The number of ether oxygens (including phenoxy) is 3. The maximum atomic E-state index is 13.4. The number of rotatable bonds is 5.